The molecule has 1 fully saturated rings. The van der Waals surface area contributed by atoms with Crippen molar-refractivity contribution in [2.75, 3.05) is 31.2 Å². The molecule has 2 aromatic carbocycles. The molecule has 6 rings (SSSR count). The van der Waals surface area contributed by atoms with E-state index in [0.717, 1.165) is 47.8 Å². The van der Waals surface area contributed by atoms with Gasteiger partial charge in [0.25, 0.3) is 0 Å². The number of thiazole rings is 1. The summed E-state index contributed by atoms with van der Waals surface area (Å²) in [6.45, 7) is 16.3. The number of pyridine rings is 1. The van der Waals surface area contributed by atoms with Gasteiger partial charge in [0.1, 0.15) is 58.6 Å². The summed E-state index contributed by atoms with van der Waals surface area (Å²) < 4.78 is 16.6. The van der Waals surface area contributed by atoms with Gasteiger partial charge in [0.2, 0.25) is 11.6 Å². The van der Waals surface area contributed by atoms with E-state index in [1.165, 1.54) is 30.0 Å². The first kappa shape index (κ1) is 44.6. The number of benzene rings is 2. The summed E-state index contributed by atoms with van der Waals surface area (Å²) in [5.74, 6) is 0.265. The van der Waals surface area contributed by atoms with E-state index in [4.69, 9.17) is 42.4 Å². The number of ether oxygens (including phenoxy) is 3. The number of nitrogens with zero attached hydrogens (tertiary/aromatic N) is 6. The summed E-state index contributed by atoms with van der Waals surface area (Å²) in [5, 5.41) is 19.8. The molecule has 2 aliphatic rings. The number of hydrogen-bond donors (Lipinski definition) is 2. The Hall–Kier alpha value is -5.94. The quantitative estimate of drug-likeness (QED) is 0.0476. The van der Waals surface area contributed by atoms with E-state index in [0.29, 0.717) is 56.2 Å². The lowest BCUT2D eigenvalue weighted by molar-refractivity contribution is -0.148. The zero-order valence-electron chi connectivity index (χ0n) is 34.2. The minimum atomic E-state index is -1.02. The molecule has 0 radical (unpaired) electrons. The summed E-state index contributed by atoms with van der Waals surface area (Å²) in [4.78, 5) is 58.3. The van der Waals surface area contributed by atoms with Crippen LogP contribution in [0.4, 0.5) is 16.3 Å². The molecule has 2 atom stereocenters. The summed E-state index contributed by atoms with van der Waals surface area (Å²) in [7, 11) is 0. The Morgan fingerprint density at radius 1 is 1.05 bits per heavy atom. The average molecular weight is 881 g/mol. The number of aliphatic imine (C=N–C) groups is 1. The molecule has 2 aromatic heterocycles. The second-order valence-corrected chi connectivity index (χ2v) is 17.5. The van der Waals surface area contributed by atoms with Gasteiger partial charge in [-0.2, -0.15) is 5.26 Å². The summed E-state index contributed by atoms with van der Waals surface area (Å²) in [6.07, 6.45) is 5.31. The lowest BCUT2D eigenvalue weighted by Gasteiger charge is -2.24. The molecule has 0 aliphatic carbocycles. The fourth-order valence-electron chi connectivity index (χ4n) is 6.48. The van der Waals surface area contributed by atoms with Gasteiger partial charge in [-0.25, -0.2) is 24.4 Å². The van der Waals surface area contributed by atoms with Crippen molar-refractivity contribution in [3.05, 3.63) is 93.4 Å². The van der Waals surface area contributed by atoms with Crippen molar-refractivity contribution in [3.8, 4) is 33.5 Å². The molecule has 316 valence electrons. The molecule has 0 spiro atoms. The number of rotatable bonds is 16. The van der Waals surface area contributed by atoms with Crippen molar-refractivity contribution in [2.45, 2.75) is 81.8 Å². The summed E-state index contributed by atoms with van der Waals surface area (Å²) in [5.41, 5.74) is 3.69. The van der Waals surface area contributed by atoms with E-state index in [1.807, 2.05) is 29.6 Å². The maximum absolute atomic E-state index is 13.2. The Morgan fingerprint density at radius 3 is 2.43 bits per heavy atom. The largest absolute Gasteiger partial charge is 0.490 e. The number of nitrogens with one attached hydrogen (secondary N) is 2. The van der Waals surface area contributed by atoms with Crippen molar-refractivity contribution in [2.24, 2.45) is 4.99 Å². The van der Waals surface area contributed by atoms with E-state index in [-0.39, 0.29) is 19.6 Å². The predicted molar refractivity (Wildman–Crippen MR) is 237 cm³/mol. The lowest BCUT2D eigenvalue weighted by atomic mass is 9.99. The Kier molecular flexibility index (Phi) is 15.0. The second-order valence-electron chi connectivity index (χ2n) is 15.2. The Labute approximate surface area is 368 Å². The molecule has 1 saturated heterocycles. The molecule has 0 saturated carbocycles. The number of halogens is 1. The number of nitriles is 1. The molecule has 2 aliphatic heterocycles. The molecule has 0 bridgehead atoms. The van der Waals surface area contributed by atoms with Gasteiger partial charge in [-0.3, -0.25) is 9.79 Å². The minimum Gasteiger partial charge on any atom is -0.490 e. The highest BCUT2D eigenvalue weighted by molar-refractivity contribution is 7.98. The van der Waals surface area contributed by atoms with Crippen molar-refractivity contribution >= 4 is 70.4 Å². The van der Waals surface area contributed by atoms with E-state index < -0.39 is 35.7 Å². The summed E-state index contributed by atoms with van der Waals surface area (Å²) >= 11 is 9.02. The number of hydrogen-bond acceptors (Lipinski definition) is 13. The first-order chi connectivity index (χ1) is 29.3. The van der Waals surface area contributed by atoms with E-state index in [2.05, 4.69) is 31.4 Å². The van der Waals surface area contributed by atoms with E-state index >= 15 is 0 Å². The minimum absolute atomic E-state index is 0.0188. The van der Waals surface area contributed by atoms with Gasteiger partial charge < -0.3 is 29.7 Å². The van der Waals surface area contributed by atoms with Crippen LogP contribution in [0.3, 0.4) is 0 Å². The molecule has 4 heterocycles. The standard InChI is InChI=1S/C44H45ClN8O6S2/c1-27(49-39(54)35(22-28-16-17-48-24-28)51-43(56)59-44(2,3)4)42(55)58-21-20-57-33-14-10-29(11-15-33)36-34(23-46)41(52-38(37(36)47-5)53-18-6-7-19-53)61-26-32-25-60-40(50-32)30-8-12-31(45)13-9-30/h8-15,17,24-25,27,35H,6-7,16,18-22,26H2,1-4H3,(H,49,54)(H,51,56)/t27-,35-/m0/s1. The van der Waals surface area contributed by atoms with Crippen LogP contribution in [0.25, 0.3) is 26.5 Å². The SMILES string of the molecule is [C-]#[N+]c1c(N2CCCC2)nc(SCc2csc(-c3ccc(Cl)cc3)n2)c(C#N)c1-c1ccc(OCCOC(=O)[C@H](C)NC(=O)[C@H](CC2=CN=CC2)NC(=O)OC(C)(C)C)cc1. The van der Waals surface area contributed by atoms with Crippen LogP contribution in [0, 0.1) is 17.9 Å². The molecule has 14 nitrogen and oxygen atoms in total. The van der Waals surface area contributed by atoms with Crippen LogP contribution in [0.2, 0.25) is 5.02 Å². The Bertz CT molecular complexity index is 2380. The Morgan fingerprint density at radius 2 is 1.77 bits per heavy atom. The van der Waals surface area contributed by atoms with Crippen molar-refractivity contribution < 1.29 is 28.6 Å². The van der Waals surface area contributed by atoms with Gasteiger partial charge in [-0.1, -0.05) is 47.6 Å². The molecule has 61 heavy (non-hydrogen) atoms. The molecular formula is C44H45ClN8O6S2. The lowest BCUT2D eigenvalue weighted by Crippen LogP contribution is -2.52. The maximum Gasteiger partial charge on any atom is 0.408 e. The molecule has 2 N–H and O–H groups in total. The van der Waals surface area contributed by atoms with Crippen LogP contribution in [0.15, 0.2) is 75.7 Å². The molecule has 4 aromatic rings. The van der Waals surface area contributed by atoms with Gasteiger partial charge in [0.05, 0.1) is 17.8 Å². The van der Waals surface area contributed by atoms with Crippen LogP contribution in [0.5, 0.6) is 5.75 Å². The van der Waals surface area contributed by atoms with E-state index in [1.54, 1.807) is 57.5 Å². The summed E-state index contributed by atoms with van der Waals surface area (Å²) in [6, 6.07) is 14.9. The third kappa shape index (κ3) is 12.1. The normalized spacial score (nSPS) is 14.3. The highest BCUT2D eigenvalue weighted by atomic mass is 35.5. The van der Waals surface area contributed by atoms with Crippen LogP contribution in [-0.2, 0) is 24.8 Å². The van der Waals surface area contributed by atoms with Gasteiger partial charge in [0.15, 0.2) is 0 Å². The molecule has 0 unspecified atom stereocenters. The fourth-order valence-corrected chi connectivity index (χ4v) is 8.42. The molecule has 2 amide bonds. The third-order valence-corrected chi connectivity index (χ3v) is 11.6. The zero-order valence-corrected chi connectivity index (χ0v) is 36.6. The highest BCUT2D eigenvalue weighted by Crippen LogP contribution is 2.45. The van der Waals surface area contributed by atoms with Gasteiger partial charge in [-0.15, -0.1) is 11.3 Å². The number of esters is 1. The predicted octanol–water partition coefficient (Wildman–Crippen LogP) is 8.91. The monoisotopic (exact) mass is 880 g/mol. The number of amides is 2. The molecular weight excluding hydrogens is 836 g/mol. The maximum atomic E-state index is 13.2. The van der Waals surface area contributed by atoms with E-state index in [9.17, 15) is 19.6 Å². The Balaban J connectivity index is 1.08. The fraction of sp³-hybridized carbons (Fsp3) is 0.364. The van der Waals surface area contributed by atoms with Crippen LogP contribution >= 0.6 is 34.7 Å². The van der Waals surface area contributed by atoms with Crippen LogP contribution in [0.1, 0.15) is 64.6 Å². The number of carbonyl (C=O) groups is 3. The second kappa shape index (κ2) is 20.5. The number of alkyl carbamates (subject to hydrolysis) is 1. The first-order valence-electron chi connectivity index (χ1n) is 19.6. The highest BCUT2D eigenvalue weighted by Gasteiger charge is 2.29. The molecule has 17 heteroatoms. The van der Waals surface area contributed by atoms with Gasteiger partial charge in [-0.05, 0) is 82.4 Å². The van der Waals surface area contributed by atoms with Crippen molar-refractivity contribution in [3.63, 3.8) is 0 Å². The first-order valence-corrected chi connectivity index (χ1v) is 21.9. The zero-order chi connectivity index (χ0) is 43.5. The van der Waals surface area contributed by atoms with Crippen LogP contribution in [-0.4, -0.2) is 78.1 Å². The number of anilines is 1. The van der Waals surface area contributed by atoms with Crippen molar-refractivity contribution in [1.29, 1.82) is 5.26 Å². The average Bonchev–Trinajstić information content (AvgIpc) is 4.05. The van der Waals surface area contributed by atoms with Crippen molar-refractivity contribution in [1.82, 2.24) is 20.6 Å². The number of aromatic nitrogens is 2. The third-order valence-electron chi connectivity index (χ3n) is 9.39. The smallest absolute Gasteiger partial charge is 0.408 e. The van der Waals surface area contributed by atoms with Gasteiger partial charge in [0, 0.05) is 59.2 Å². The topological polar surface area (TPSA) is 172 Å². The number of thioether (sulfide) groups is 1. The van der Waals surface area contributed by atoms with Gasteiger partial charge >= 0.3 is 12.1 Å². The van der Waals surface area contributed by atoms with Crippen LogP contribution < -0.4 is 20.3 Å². The number of carbonyl (C=O) groups excluding carboxylic acids is 3.